The number of benzene rings is 2. The number of thioether (sulfide) groups is 1. The summed E-state index contributed by atoms with van der Waals surface area (Å²) in [5.41, 5.74) is 2.36. The first-order chi connectivity index (χ1) is 15.1. The fourth-order valence-electron chi connectivity index (χ4n) is 3.92. The molecular formula is C24H30N2O4S. The molecule has 2 aliphatic rings. The van der Waals surface area contributed by atoms with Crippen molar-refractivity contribution in [2.24, 2.45) is 0 Å². The van der Waals surface area contributed by atoms with Crippen molar-refractivity contribution in [2.45, 2.75) is 29.6 Å². The molecule has 2 aromatic rings. The van der Waals surface area contributed by atoms with Crippen molar-refractivity contribution in [2.75, 3.05) is 50.8 Å². The Morgan fingerprint density at radius 3 is 2.71 bits per heavy atom. The number of carbonyl (C=O) groups excluding carboxylic acids is 1. The van der Waals surface area contributed by atoms with Gasteiger partial charge in [-0.05, 0) is 43.2 Å². The lowest BCUT2D eigenvalue weighted by molar-refractivity contribution is -0.145. The lowest BCUT2D eigenvalue weighted by atomic mass is 10.2. The van der Waals surface area contributed by atoms with Gasteiger partial charge in [-0.2, -0.15) is 0 Å². The summed E-state index contributed by atoms with van der Waals surface area (Å²) in [5, 5.41) is 9.71. The predicted octanol–water partition coefficient (Wildman–Crippen LogP) is 2.96. The average Bonchev–Trinajstić information content (AvgIpc) is 2.96. The van der Waals surface area contributed by atoms with Crippen LogP contribution < -0.4 is 9.64 Å². The van der Waals surface area contributed by atoms with E-state index >= 15 is 0 Å². The summed E-state index contributed by atoms with van der Waals surface area (Å²) in [7, 11) is 0. The Hall–Kier alpha value is -2.22. The van der Waals surface area contributed by atoms with Crippen LogP contribution in [0.25, 0.3) is 0 Å². The SMILES string of the molecule is Cc1ccc2c(c1)S[C@H](C(=O)OCCCN1CCN(c3ccccc3)CC1)[C@@H](O)CO2. The van der Waals surface area contributed by atoms with E-state index < -0.39 is 11.4 Å². The number of esters is 1. The van der Waals surface area contributed by atoms with Crippen LogP contribution in [0.3, 0.4) is 0 Å². The molecular weight excluding hydrogens is 412 g/mol. The quantitative estimate of drug-likeness (QED) is 0.545. The number of fused-ring (bicyclic) bond motifs is 1. The van der Waals surface area contributed by atoms with Crippen LogP contribution >= 0.6 is 11.8 Å². The maximum Gasteiger partial charge on any atom is 0.322 e. The number of ether oxygens (including phenoxy) is 2. The fourth-order valence-corrected chi connectivity index (χ4v) is 5.09. The summed E-state index contributed by atoms with van der Waals surface area (Å²) in [6.45, 7) is 7.39. The third-order valence-corrected chi connectivity index (χ3v) is 7.03. The van der Waals surface area contributed by atoms with Crippen molar-refractivity contribution in [3.05, 3.63) is 54.1 Å². The first kappa shape index (κ1) is 22.0. The Labute approximate surface area is 188 Å². The predicted molar refractivity (Wildman–Crippen MR) is 123 cm³/mol. The van der Waals surface area contributed by atoms with Crippen LogP contribution in [0, 0.1) is 6.92 Å². The van der Waals surface area contributed by atoms with Crippen LogP contribution in [-0.2, 0) is 9.53 Å². The Morgan fingerprint density at radius 1 is 1.16 bits per heavy atom. The highest BCUT2D eigenvalue weighted by atomic mass is 32.2. The minimum atomic E-state index is -0.892. The number of carbonyl (C=O) groups is 1. The molecule has 0 saturated carbocycles. The maximum absolute atomic E-state index is 12.6. The number of hydrogen-bond acceptors (Lipinski definition) is 7. The second kappa shape index (κ2) is 10.4. The molecule has 7 heteroatoms. The van der Waals surface area contributed by atoms with Gasteiger partial charge >= 0.3 is 5.97 Å². The Kier molecular flexibility index (Phi) is 7.37. The topological polar surface area (TPSA) is 62.2 Å². The van der Waals surface area contributed by atoms with Gasteiger partial charge in [0, 0.05) is 38.4 Å². The molecule has 2 aromatic carbocycles. The second-order valence-corrected chi connectivity index (χ2v) is 9.24. The molecule has 0 radical (unpaired) electrons. The molecule has 0 aromatic heterocycles. The molecule has 4 rings (SSSR count). The highest BCUT2D eigenvalue weighted by Crippen LogP contribution is 2.37. The maximum atomic E-state index is 12.6. The third kappa shape index (κ3) is 5.73. The third-order valence-electron chi connectivity index (χ3n) is 5.70. The van der Waals surface area contributed by atoms with Gasteiger partial charge in [-0.3, -0.25) is 9.69 Å². The largest absolute Gasteiger partial charge is 0.490 e. The van der Waals surface area contributed by atoms with Crippen LogP contribution in [0.5, 0.6) is 5.75 Å². The molecule has 2 heterocycles. The van der Waals surface area contributed by atoms with Crippen molar-refractivity contribution in [3.63, 3.8) is 0 Å². The first-order valence-corrected chi connectivity index (χ1v) is 11.8. The number of anilines is 1. The van der Waals surface area contributed by atoms with Crippen LogP contribution in [0.15, 0.2) is 53.4 Å². The molecule has 0 unspecified atom stereocenters. The number of nitrogens with zero attached hydrogens (tertiary/aromatic N) is 2. The van der Waals surface area contributed by atoms with E-state index in [1.165, 1.54) is 17.4 Å². The molecule has 31 heavy (non-hydrogen) atoms. The molecule has 166 valence electrons. The molecule has 0 amide bonds. The minimum absolute atomic E-state index is 0.0918. The fraction of sp³-hybridized carbons (Fsp3) is 0.458. The summed E-state index contributed by atoms with van der Waals surface area (Å²) < 4.78 is 11.2. The van der Waals surface area contributed by atoms with Gasteiger partial charge in [0.2, 0.25) is 0 Å². The molecule has 0 spiro atoms. The lowest BCUT2D eigenvalue weighted by Crippen LogP contribution is -2.46. The van der Waals surface area contributed by atoms with E-state index in [0.717, 1.165) is 49.6 Å². The molecule has 1 fully saturated rings. The molecule has 2 aliphatic heterocycles. The molecule has 0 aliphatic carbocycles. The summed E-state index contributed by atoms with van der Waals surface area (Å²) >= 11 is 1.33. The zero-order valence-corrected chi connectivity index (χ0v) is 18.7. The Morgan fingerprint density at radius 2 is 1.94 bits per heavy atom. The zero-order valence-electron chi connectivity index (χ0n) is 17.9. The standard InChI is InChI=1S/C24H30N2O4S/c1-18-8-9-21-22(16-18)31-23(20(27)17-30-21)24(28)29-15-5-10-25-11-13-26(14-12-25)19-6-3-2-4-7-19/h2-4,6-9,16,20,23,27H,5,10-15,17H2,1H3/t20-,23-/m0/s1. The average molecular weight is 443 g/mol. The van der Waals surface area contributed by atoms with Gasteiger partial charge in [0.05, 0.1) is 11.5 Å². The van der Waals surface area contributed by atoms with Crippen LogP contribution in [0.1, 0.15) is 12.0 Å². The van der Waals surface area contributed by atoms with Crippen molar-refractivity contribution >= 4 is 23.4 Å². The van der Waals surface area contributed by atoms with Crippen molar-refractivity contribution in [3.8, 4) is 5.75 Å². The Balaban J connectivity index is 1.20. The normalized spacial score (nSPS) is 21.7. The number of para-hydroxylation sites is 1. The van der Waals surface area contributed by atoms with E-state index in [9.17, 15) is 9.90 Å². The van der Waals surface area contributed by atoms with E-state index in [1.807, 2.05) is 31.2 Å². The molecule has 0 bridgehead atoms. The van der Waals surface area contributed by atoms with Gasteiger partial charge in [0.25, 0.3) is 0 Å². The number of aliphatic hydroxyl groups excluding tert-OH is 1. The van der Waals surface area contributed by atoms with Gasteiger partial charge in [-0.1, -0.05) is 24.3 Å². The van der Waals surface area contributed by atoms with Gasteiger partial charge in [0.1, 0.15) is 23.7 Å². The smallest absolute Gasteiger partial charge is 0.322 e. The number of rotatable bonds is 6. The summed E-state index contributed by atoms with van der Waals surface area (Å²) in [6, 6.07) is 16.3. The highest BCUT2D eigenvalue weighted by Gasteiger charge is 2.33. The van der Waals surface area contributed by atoms with Crippen LogP contribution in [0.2, 0.25) is 0 Å². The number of hydrogen-bond donors (Lipinski definition) is 1. The zero-order chi connectivity index (χ0) is 21.6. The Bertz CT molecular complexity index is 871. The molecule has 1 saturated heterocycles. The lowest BCUT2D eigenvalue weighted by Gasteiger charge is -2.36. The number of aryl methyl sites for hydroxylation is 1. The summed E-state index contributed by atoms with van der Waals surface area (Å²) in [6.07, 6.45) is -0.104. The summed E-state index contributed by atoms with van der Waals surface area (Å²) in [5.74, 6) is 0.337. The van der Waals surface area contributed by atoms with E-state index in [4.69, 9.17) is 9.47 Å². The van der Waals surface area contributed by atoms with Crippen LogP contribution in [0.4, 0.5) is 5.69 Å². The molecule has 6 nitrogen and oxygen atoms in total. The summed E-state index contributed by atoms with van der Waals surface area (Å²) in [4.78, 5) is 18.3. The van der Waals surface area contributed by atoms with Crippen molar-refractivity contribution in [1.82, 2.24) is 4.90 Å². The monoisotopic (exact) mass is 442 g/mol. The highest BCUT2D eigenvalue weighted by molar-refractivity contribution is 8.00. The van der Waals surface area contributed by atoms with Gasteiger partial charge in [-0.15, -0.1) is 11.8 Å². The molecule has 2 atom stereocenters. The minimum Gasteiger partial charge on any atom is -0.490 e. The second-order valence-electron chi connectivity index (χ2n) is 8.05. The van der Waals surface area contributed by atoms with E-state index in [2.05, 4.69) is 34.1 Å². The van der Waals surface area contributed by atoms with E-state index in [0.29, 0.717) is 12.4 Å². The van der Waals surface area contributed by atoms with Crippen molar-refractivity contribution < 1.29 is 19.4 Å². The van der Waals surface area contributed by atoms with E-state index in [1.54, 1.807) is 0 Å². The molecule has 1 N–H and O–H groups in total. The number of piperazine rings is 1. The van der Waals surface area contributed by atoms with Gasteiger partial charge in [0.15, 0.2) is 0 Å². The first-order valence-electron chi connectivity index (χ1n) is 10.9. The van der Waals surface area contributed by atoms with E-state index in [-0.39, 0.29) is 12.6 Å². The van der Waals surface area contributed by atoms with Gasteiger partial charge in [-0.25, -0.2) is 0 Å². The van der Waals surface area contributed by atoms with Crippen LogP contribution in [-0.4, -0.2) is 73.3 Å². The number of aliphatic hydroxyl groups is 1. The van der Waals surface area contributed by atoms with Crippen molar-refractivity contribution in [1.29, 1.82) is 0 Å². The van der Waals surface area contributed by atoms with Gasteiger partial charge < -0.3 is 19.5 Å².